The molecule has 1 saturated heterocycles. The molecule has 0 aliphatic carbocycles. The zero-order chi connectivity index (χ0) is 20.5. The first-order valence-electron chi connectivity index (χ1n) is 10.4. The molecule has 1 fully saturated rings. The molecule has 2 N–H and O–H groups in total. The van der Waals surface area contributed by atoms with Crippen LogP contribution in [0.4, 0.5) is 0 Å². The van der Waals surface area contributed by atoms with E-state index < -0.39 is 6.04 Å². The van der Waals surface area contributed by atoms with E-state index in [0.29, 0.717) is 23.9 Å². The van der Waals surface area contributed by atoms with Crippen LogP contribution in [0.1, 0.15) is 56.8 Å². The number of likely N-dealkylation sites (tertiary alicyclic amines) is 1. The summed E-state index contributed by atoms with van der Waals surface area (Å²) in [4.78, 5) is 27.6. The Labute approximate surface area is 169 Å². The van der Waals surface area contributed by atoms with Crippen LogP contribution < -0.4 is 15.4 Å². The van der Waals surface area contributed by atoms with Crippen molar-refractivity contribution in [2.45, 2.75) is 58.5 Å². The second-order valence-electron chi connectivity index (χ2n) is 7.95. The van der Waals surface area contributed by atoms with Crippen molar-refractivity contribution in [1.29, 1.82) is 0 Å². The van der Waals surface area contributed by atoms with Gasteiger partial charge in [-0.3, -0.25) is 9.59 Å². The lowest BCUT2D eigenvalue weighted by atomic mass is 10.0. The van der Waals surface area contributed by atoms with Gasteiger partial charge in [0.25, 0.3) is 5.91 Å². The fraction of sp³-hybridized carbons (Fsp3) is 0.636. The van der Waals surface area contributed by atoms with Crippen molar-refractivity contribution >= 4 is 11.8 Å². The molecule has 6 heteroatoms. The van der Waals surface area contributed by atoms with Crippen LogP contribution in [0.2, 0.25) is 0 Å². The van der Waals surface area contributed by atoms with Gasteiger partial charge in [0.15, 0.2) is 0 Å². The quantitative estimate of drug-likeness (QED) is 0.637. The lowest BCUT2D eigenvalue weighted by Gasteiger charge is -2.33. The molecular formula is C22H35N3O3. The maximum absolute atomic E-state index is 12.6. The van der Waals surface area contributed by atoms with Crippen molar-refractivity contribution in [1.82, 2.24) is 15.5 Å². The number of rotatable bonds is 9. The SMILES string of the molecule is COc1ccc(C(=O)NC(C(=O)NCCCN2CCCCC2C)C(C)C)cc1. The second kappa shape index (κ2) is 11.1. The molecule has 1 aromatic rings. The number of hydrogen-bond acceptors (Lipinski definition) is 4. The molecule has 6 nitrogen and oxygen atoms in total. The standard InChI is InChI=1S/C22H35N3O3/c1-16(2)20(24-21(26)18-9-11-19(28-4)12-10-18)22(27)23-13-7-15-25-14-6-5-8-17(25)3/h9-12,16-17,20H,5-8,13-15H2,1-4H3,(H,23,27)(H,24,26). The van der Waals surface area contributed by atoms with Crippen LogP contribution in [0.15, 0.2) is 24.3 Å². The number of ether oxygens (including phenoxy) is 1. The van der Waals surface area contributed by atoms with Gasteiger partial charge in [-0.05, 0) is 62.9 Å². The maximum atomic E-state index is 12.6. The average Bonchev–Trinajstić information content (AvgIpc) is 2.70. The predicted octanol–water partition coefficient (Wildman–Crippen LogP) is 2.83. The van der Waals surface area contributed by atoms with E-state index in [9.17, 15) is 9.59 Å². The Morgan fingerprint density at radius 2 is 1.93 bits per heavy atom. The minimum atomic E-state index is -0.552. The van der Waals surface area contributed by atoms with E-state index in [0.717, 1.165) is 19.5 Å². The van der Waals surface area contributed by atoms with E-state index >= 15 is 0 Å². The third kappa shape index (κ3) is 6.51. The molecule has 0 bridgehead atoms. The molecule has 1 aliphatic heterocycles. The van der Waals surface area contributed by atoms with Crippen molar-refractivity contribution < 1.29 is 14.3 Å². The highest BCUT2D eigenvalue weighted by molar-refractivity contribution is 5.97. The summed E-state index contributed by atoms with van der Waals surface area (Å²) < 4.78 is 5.11. The van der Waals surface area contributed by atoms with Crippen LogP contribution in [0, 0.1) is 5.92 Å². The summed E-state index contributed by atoms with van der Waals surface area (Å²) in [6, 6.07) is 6.95. The predicted molar refractivity (Wildman–Crippen MR) is 112 cm³/mol. The minimum Gasteiger partial charge on any atom is -0.497 e. The molecule has 2 amide bonds. The molecule has 28 heavy (non-hydrogen) atoms. The van der Waals surface area contributed by atoms with Crippen LogP contribution in [-0.4, -0.2) is 55.5 Å². The number of amides is 2. The Kier molecular flexibility index (Phi) is 8.77. The Morgan fingerprint density at radius 3 is 2.54 bits per heavy atom. The number of hydrogen-bond donors (Lipinski definition) is 2. The summed E-state index contributed by atoms with van der Waals surface area (Å²) in [6.07, 6.45) is 4.77. The smallest absolute Gasteiger partial charge is 0.251 e. The van der Waals surface area contributed by atoms with Gasteiger partial charge in [-0.25, -0.2) is 0 Å². The van der Waals surface area contributed by atoms with E-state index in [2.05, 4.69) is 22.5 Å². The summed E-state index contributed by atoms with van der Waals surface area (Å²) >= 11 is 0. The molecule has 0 aromatic heterocycles. The number of carbonyl (C=O) groups excluding carboxylic acids is 2. The molecule has 0 spiro atoms. The van der Waals surface area contributed by atoms with Crippen molar-refractivity contribution in [3.8, 4) is 5.75 Å². The van der Waals surface area contributed by atoms with Crippen molar-refractivity contribution in [2.75, 3.05) is 26.7 Å². The highest BCUT2D eigenvalue weighted by Gasteiger charge is 2.24. The number of carbonyl (C=O) groups is 2. The van der Waals surface area contributed by atoms with Gasteiger partial charge < -0.3 is 20.3 Å². The fourth-order valence-electron chi connectivity index (χ4n) is 3.60. The highest BCUT2D eigenvalue weighted by Crippen LogP contribution is 2.16. The first-order valence-corrected chi connectivity index (χ1v) is 10.4. The van der Waals surface area contributed by atoms with Crippen LogP contribution in [0.25, 0.3) is 0 Å². The number of nitrogens with one attached hydrogen (secondary N) is 2. The normalized spacial score (nSPS) is 18.5. The molecule has 2 atom stereocenters. The second-order valence-corrected chi connectivity index (χ2v) is 7.95. The molecular weight excluding hydrogens is 354 g/mol. The molecule has 1 aliphatic rings. The highest BCUT2D eigenvalue weighted by atomic mass is 16.5. The first kappa shape index (κ1) is 22.2. The summed E-state index contributed by atoms with van der Waals surface area (Å²) in [6.45, 7) is 8.94. The molecule has 156 valence electrons. The van der Waals surface area contributed by atoms with Gasteiger partial charge >= 0.3 is 0 Å². The monoisotopic (exact) mass is 389 g/mol. The summed E-state index contributed by atoms with van der Waals surface area (Å²) in [5.74, 6) is 0.323. The van der Waals surface area contributed by atoms with Gasteiger partial charge in [-0.15, -0.1) is 0 Å². The van der Waals surface area contributed by atoms with Gasteiger partial charge in [0.05, 0.1) is 7.11 Å². The van der Waals surface area contributed by atoms with Crippen molar-refractivity contribution in [3.05, 3.63) is 29.8 Å². The van der Waals surface area contributed by atoms with E-state index in [1.165, 1.54) is 19.3 Å². The third-order valence-electron chi connectivity index (χ3n) is 5.45. The number of nitrogens with zero attached hydrogens (tertiary/aromatic N) is 1. The molecule has 2 rings (SSSR count). The van der Waals surface area contributed by atoms with Crippen molar-refractivity contribution in [3.63, 3.8) is 0 Å². The van der Waals surface area contributed by atoms with Gasteiger partial charge in [0, 0.05) is 24.7 Å². The Morgan fingerprint density at radius 1 is 1.21 bits per heavy atom. The van der Waals surface area contributed by atoms with Crippen LogP contribution in [0.5, 0.6) is 5.75 Å². The van der Waals surface area contributed by atoms with Crippen LogP contribution in [-0.2, 0) is 4.79 Å². The zero-order valence-electron chi connectivity index (χ0n) is 17.7. The van der Waals surface area contributed by atoms with E-state index in [4.69, 9.17) is 4.74 Å². The number of benzene rings is 1. The first-order chi connectivity index (χ1) is 13.4. The minimum absolute atomic E-state index is 0.00400. The topological polar surface area (TPSA) is 70.7 Å². The van der Waals surface area contributed by atoms with E-state index in [1.54, 1.807) is 31.4 Å². The fourth-order valence-corrected chi connectivity index (χ4v) is 3.60. The van der Waals surface area contributed by atoms with Gasteiger partial charge in [-0.2, -0.15) is 0 Å². The Balaban J connectivity index is 1.81. The zero-order valence-corrected chi connectivity index (χ0v) is 17.7. The molecule has 0 saturated carbocycles. The Bertz CT molecular complexity index is 630. The maximum Gasteiger partial charge on any atom is 0.251 e. The van der Waals surface area contributed by atoms with Gasteiger partial charge in [0.2, 0.25) is 5.91 Å². The van der Waals surface area contributed by atoms with Crippen molar-refractivity contribution in [2.24, 2.45) is 5.92 Å². The summed E-state index contributed by atoms with van der Waals surface area (Å²) in [5, 5.41) is 5.86. The summed E-state index contributed by atoms with van der Waals surface area (Å²) in [7, 11) is 1.58. The summed E-state index contributed by atoms with van der Waals surface area (Å²) in [5.41, 5.74) is 0.512. The number of piperidine rings is 1. The van der Waals surface area contributed by atoms with Crippen LogP contribution >= 0.6 is 0 Å². The van der Waals surface area contributed by atoms with Crippen LogP contribution in [0.3, 0.4) is 0 Å². The molecule has 0 radical (unpaired) electrons. The lowest BCUT2D eigenvalue weighted by molar-refractivity contribution is -0.123. The lowest BCUT2D eigenvalue weighted by Crippen LogP contribution is -2.50. The number of methoxy groups -OCH3 is 1. The van der Waals surface area contributed by atoms with Gasteiger partial charge in [-0.1, -0.05) is 20.3 Å². The largest absolute Gasteiger partial charge is 0.497 e. The van der Waals surface area contributed by atoms with E-state index in [-0.39, 0.29) is 17.7 Å². The molecule has 1 heterocycles. The molecule has 1 aromatic carbocycles. The Hall–Kier alpha value is -2.08. The van der Waals surface area contributed by atoms with E-state index in [1.807, 2.05) is 13.8 Å². The molecule has 2 unspecified atom stereocenters. The van der Waals surface area contributed by atoms with Gasteiger partial charge in [0.1, 0.15) is 11.8 Å². The third-order valence-corrected chi connectivity index (χ3v) is 5.45. The average molecular weight is 390 g/mol.